The zero-order valence-electron chi connectivity index (χ0n) is 15.5. The van der Waals surface area contributed by atoms with Crippen molar-refractivity contribution in [2.75, 3.05) is 0 Å². The lowest BCUT2D eigenvalue weighted by Crippen LogP contribution is -2.35. The Hall–Kier alpha value is -1.84. The fourth-order valence-corrected chi connectivity index (χ4v) is 3.88. The summed E-state index contributed by atoms with van der Waals surface area (Å²) in [6, 6.07) is 12.9. The molecule has 2 nitrogen and oxygen atoms in total. The summed E-state index contributed by atoms with van der Waals surface area (Å²) in [6.07, 6.45) is 4.31. The Morgan fingerprint density at radius 1 is 0.815 bits per heavy atom. The molecule has 0 amide bonds. The van der Waals surface area contributed by atoms with E-state index in [1.165, 1.54) is 37.5 Å². The first-order chi connectivity index (χ1) is 12.5. The largest absolute Gasteiger partial charge is 0.673 e. The Morgan fingerprint density at radius 2 is 1.22 bits per heavy atom. The molecule has 0 atom stereocenters. The predicted molar refractivity (Wildman–Crippen MR) is 109 cm³/mol. The van der Waals surface area contributed by atoms with Crippen molar-refractivity contribution in [1.29, 1.82) is 0 Å². The highest BCUT2D eigenvalue weighted by molar-refractivity contribution is 14.1. The topological polar surface area (TPSA) is 8.81 Å². The number of nitrogens with zero attached hydrogens (tertiary/aromatic N) is 2. The van der Waals surface area contributed by atoms with E-state index in [2.05, 4.69) is 108 Å². The average Bonchev–Trinajstić information content (AvgIpc) is 2.87. The van der Waals surface area contributed by atoms with Crippen molar-refractivity contribution in [2.24, 2.45) is 0 Å². The van der Waals surface area contributed by atoms with Gasteiger partial charge in [0, 0.05) is 0 Å². The minimum absolute atomic E-state index is 1.19. The summed E-state index contributed by atoms with van der Waals surface area (Å²) in [5.74, 6) is 0. The molecule has 0 saturated carbocycles. The van der Waals surface area contributed by atoms with E-state index >= 15 is 0 Å². The molecule has 0 fully saturated rings. The number of halogens is 5. The number of aryl methyl sites for hydroxylation is 4. The first-order valence-electron chi connectivity index (χ1n) is 8.29. The SMILES string of the molecule is Cc1cccc(C)c1-n1cc[n+](-c2c(C)cccc2C)c1I.F[B-](F)(F)F. The van der Waals surface area contributed by atoms with Crippen LogP contribution in [0.15, 0.2) is 48.8 Å². The third-order valence-corrected chi connectivity index (χ3v) is 5.16. The number of para-hydroxylation sites is 2. The highest BCUT2D eigenvalue weighted by Gasteiger charge is 2.22. The number of hydrogen-bond acceptors (Lipinski definition) is 0. The molecular weight excluding hydrogens is 470 g/mol. The minimum atomic E-state index is -6.00. The predicted octanol–water partition coefficient (Wildman–Crippen LogP) is 5.89. The van der Waals surface area contributed by atoms with Crippen LogP contribution in [-0.4, -0.2) is 11.8 Å². The van der Waals surface area contributed by atoms with Crippen LogP contribution in [0.1, 0.15) is 22.3 Å². The maximum atomic E-state index is 9.75. The number of hydrogen-bond donors (Lipinski definition) is 0. The molecule has 0 aliphatic rings. The van der Waals surface area contributed by atoms with E-state index in [1.807, 2.05) is 0 Å². The van der Waals surface area contributed by atoms with Crippen LogP contribution in [0.25, 0.3) is 11.4 Å². The monoisotopic (exact) mass is 490 g/mol. The van der Waals surface area contributed by atoms with Gasteiger partial charge in [-0.1, -0.05) is 36.4 Å². The van der Waals surface area contributed by atoms with E-state index in [-0.39, 0.29) is 0 Å². The molecule has 0 saturated heterocycles. The summed E-state index contributed by atoms with van der Waals surface area (Å²) >= 11 is 2.44. The van der Waals surface area contributed by atoms with Crippen LogP contribution in [0, 0.1) is 31.5 Å². The van der Waals surface area contributed by atoms with Gasteiger partial charge in [0.1, 0.15) is 23.8 Å². The van der Waals surface area contributed by atoms with Gasteiger partial charge in [0.25, 0.3) is 0 Å². The molecule has 3 aromatic rings. The fourth-order valence-electron chi connectivity index (χ4n) is 3.08. The van der Waals surface area contributed by atoms with Gasteiger partial charge in [-0.25, -0.2) is 0 Å². The van der Waals surface area contributed by atoms with E-state index in [9.17, 15) is 17.3 Å². The molecule has 1 aromatic heterocycles. The Balaban J connectivity index is 0.000000465. The van der Waals surface area contributed by atoms with Gasteiger partial charge in [-0.3, -0.25) is 0 Å². The second kappa shape index (κ2) is 8.45. The van der Waals surface area contributed by atoms with Gasteiger partial charge in [0.2, 0.25) is 0 Å². The molecule has 27 heavy (non-hydrogen) atoms. The second-order valence-electron chi connectivity index (χ2n) is 6.28. The molecule has 1 heterocycles. The van der Waals surface area contributed by atoms with Gasteiger partial charge in [0.05, 0.1) is 22.6 Å². The van der Waals surface area contributed by atoms with Crippen molar-refractivity contribution < 1.29 is 21.8 Å². The molecular formula is C19H20BF4IN2. The molecule has 144 valence electrons. The van der Waals surface area contributed by atoms with Gasteiger partial charge in [-0.2, -0.15) is 9.13 Å². The van der Waals surface area contributed by atoms with Crippen LogP contribution in [-0.2, 0) is 0 Å². The zero-order valence-corrected chi connectivity index (χ0v) is 17.6. The van der Waals surface area contributed by atoms with Crippen molar-refractivity contribution in [3.8, 4) is 11.4 Å². The molecule has 0 radical (unpaired) electrons. The van der Waals surface area contributed by atoms with Gasteiger partial charge >= 0.3 is 11.1 Å². The van der Waals surface area contributed by atoms with Crippen LogP contribution >= 0.6 is 22.6 Å². The van der Waals surface area contributed by atoms with Crippen molar-refractivity contribution >= 4 is 29.8 Å². The molecule has 0 bridgehead atoms. The highest BCUT2D eigenvalue weighted by Crippen LogP contribution is 2.22. The van der Waals surface area contributed by atoms with Crippen LogP contribution in [0.3, 0.4) is 0 Å². The van der Waals surface area contributed by atoms with E-state index in [4.69, 9.17) is 0 Å². The smallest absolute Gasteiger partial charge is 0.418 e. The second-order valence-corrected chi connectivity index (χ2v) is 7.25. The van der Waals surface area contributed by atoms with E-state index in [0.29, 0.717) is 0 Å². The zero-order chi connectivity index (χ0) is 20.4. The fraction of sp³-hybridized carbons (Fsp3) is 0.211. The van der Waals surface area contributed by atoms with E-state index in [0.717, 1.165) is 0 Å². The molecule has 3 rings (SSSR count). The lowest BCUT2D eigenvalue weighted by atomic mass is 10.1. The summed E-state index contributed by atoms with van der Waals surface area (Å²) in [5, 5.41) is 0. The summed E-state index contributed by atoms with van der Waals surface area (Å²) in [7, 11) is -6.00. The lowest BCUT2D eigenvalue weighted by molar-refractivity contribution is -0.609. The summed E-state index contributed by atoms with van der Waals surface area (Å²) in [6.45, 7) is 8.67. The molecule has 8 heteroatoms. The van der Waals surface area contributed by atoms with Crippen molar-refractivity contribution in [2.45, 2.75) is 27.7 Å². The lowest BCUT2D eigenvalue weighted by Gasteiger charge is -2.08. The van der Waals surface area contributed by atoms with E-state index in [1.54, 1.807) is 0 Å². The van der Waals surface area contributed by atoms with Crippen molar-refractivity contribution in [3.05, 3.63) is 74.9 Å². The molecule has 0 unspecified atom stereocenters. The molecule has 0 aliphatic heterocycles. The van der Waals surface area contributed by atoms with Gasteiger partial charge in [0.15, 0.2) is 0 Å². The summed E-state index contributed by atoms with van der Waals surface area (Å²) < 4.78 is 44.7. The van der Waals surface area contributed by atoms with Crippen LogP contribution in [0.2, 0.25) is 0 Å². The quantitative estimate of drug-likeness (QED) is 0.183. The summed E-state index contributed by atoms with van der Waals surface area (Å²) in [5.41, 5.74) is 7.72. The molecule has 0 spiro atoms. The summed E-state index contributed by atoms with van der Waals surface area (Å²) in [4.78, 5) is 0. The number of imidazole rings is 1. The van der Waals surface area contributed by atoms with Crippen LogP contribution in [0.4, 0.5) is 17.3 Å². The first-order valence-corrected chi connectivity index (χ1v) is 9.37. The Labute approximate surface area is 170 Å². The number of aromatic nitrogens is 2. The average molecular weight is 490 g/mol. The van der Waals surface area contributed by atoms with E-state index < -0.39 is 7.25 Å². The Bertz CT molecular complexity index is 836. The maximum Gasteiger partial charge on any atom is 0.673 e. The third kappa shape index (κ3) is 5.34. The van der Waals surface area contributed by atoms with Crippen LogP contribution in [0.5, 0.6) is 0 Å². The highest BCUT2D eigenvalue weighted by atomic mass is 127. The Morgan fingerprint density at radius 3 is 1.67 bits per heavy atom. The standard InChI is InChI=1S/C19H20IN2.BF4/c1-13-7-5-8-14(2)17(13)21-11-12-22(19(21)20)18-15(3)9-6-10-16(18)4;2-1(3,4)5/h5-12H,1-4H3;/q+1;-1. The van der Waals surface area contributed by atoms with Gasteiger partial charge in [-0.15, -0.1) is 0 Å². The number of benzene rings is 2. The van der Waals surface area contributed by atoms with Crippen molar-refractivity contribution in [3.63, 3.8) is 0 Å². The molecule has 2 aromatic carbocycles. The molecule has 0 N–H and O–H groups in total. The number of rotatable bonds is 2. The minimum Gasteiger partial charge on any atom is -0.418 e. The van der Waals surface area contributed by atoms with Gasteiger partial charge in [-0.05, 0) is 49.9 Å². The normalized spacial score (nSPS) is 11.1. The first kappa shape index (κ1) is 21.5. The maximum absolute atomic E-state index is 9.75. The van der Waals surface area contributed by atoms with Gasteiger partial charge < -0.3 is 17.3 Å². The molecule has 0 aliphatic carbocycles. The third-order valence-electron chi connectivity index (χ3n) is 4.12. The van der Waals surface area contributed by atoms with Crippen LogP contribution < -0.4 is 4.57 Å². The Kier molecular flexibility index (Phi) is 6.72. The van der Waals surface area contributed by atoms with Crippen molar-refractivity contribution in [1.82, 2.24) is 4.57 Å².